The summed E-state index contributed by atoms with van der Waals surface area (Å²) in [6.07, 6.45) is 3.23. The largest absolute Gasteiger partial charge is 0.396 e. The lowest BCUT2D eigenvalue weighted by Crippen LogP contribution is -2.32. The predicted molar refractivity (Wildman–Crippen MR) is 43.5 cm³/mol. The molecule has 0 aromatic carbocycles. The number of rotatable bonds is 4. The van der Waals surface area contributed by atoms with Gasteiger partial charge >= 0.3 is 0 Å². The first-order chi connectivity index (χ1) is 5.36. The van der Waals surface area contributed by atoms with E-state index < -0.39 is 0 Å². The molecule has 0 saturated carbocycles. The zero-order valence-corrected chi connectivity index (χ0v) is 7.05. The van der Waals surface area contributed by atoms with Crippen LogP contribution in [0.25, 0.3) is 0 Å². The van der Waals surface area contributed by atoms with E-state index in [4.69, 9.17) is 9.84 Å². The van der Waals surface area contributed by atoms with E-state index in [0.29, 0.717) is 12.1 Å². The molecule has 2 N–H and O–H groups in total. The van der Waals surface area contributed by atoms with Crippen molar-refractivity contribution in [1.82, 2.24) is 5.32 Å². The van der Waals surface area contributed by atoms with Crippen LogP contribution >= 0.6 is 0 Å². The third kappa shape index (κ3) is 2.77. The van der Waals surface area contributed by atoms with Gasteiger partial charge in [0.1, 0.15) is 0 Å². The summed E-state index contributed by atoms with van der Waals surface area (Å²) in [5, 5.41) is 12.1. The van der Waals surface area contributed by atoms with Gasteiger partial charge in [0, 0.05) is 25.8 Å². The molecule has 1 aliphatic heterocycles. The Balaban J connectivity index is 2.12. The number of hydrogen-bond acceptors (Lipinski definition) is 3. The van der Waals surface area contributed by atoms with Crippen LogP contribution < -0.4 is 5.32 Å². The third-order valence-corrected chi connectivity index (χ3v) is 2.18. The summed E-state index contributed by atoms with van der Waals surface area (Å²) >= 11 is 0. The molecule has 0 aromatic heterocycles. The highest BCUT2D eigenvalue weighted by Crippen LogP contribution is 2.14. The Morgan fingerprint density at radius 1 is 1.45 bits per heavy atom. The summed E-state index contributed by atoms with van der Waals surface area (Å²) in [6.45, 7) is 1.08. The molecule has 3 nitrogen and oxygen atoms in total. The molecule has 66 valence electrons. The molecule has 0 radical (unpaired) electrons. The first kappa shape index (κ1) is 8.97. The second-order valence-electron chi connectivity index (χ2n) is 3.11. The lowest BCUT2D eigenvalue weighted by Gasteiger charge is -2.11. The van der Waals surface area contributed by atoms with Crippen LogP contribution in [0.3, 0.4) is 0 Å². The summed E-state index contributed by atoms with van der Waals surface area (Å²) in [5.41, 5.74) is 0. The standard InChI is InChI=1S/C8H17NO2/c1-11-6-8-3-2-7(9-8)4-5-10/h7-10H,2-6H2,1H3. The monoisotopic (exact) mass is 159 g/mol. The zero-order valence-electron chi connectivity index (χ0n) is 7.05. The number of aliphatic hydroxyl groups excluding tert-OH is 1. The summed E-state index contributed by atoms with van der Waals surface area (Å²) in [5.74, 6) is 0. The van der Waals surface area contributed by atoms with Gasteiger partial charge in [-0.05, 0) is 19.3 Å². The molecule has 1 heterocycles. The summed E-state index contributed by atoms with van der Waals surface area (Å²) < 4.78 is 5.03. The second kappa shape index (κ2) is 4.70. The highest BCUT2D eigenvalue weighted by atomic mass is 16.5. The van der Waals surface area contributed by atoms with E-state index in [-0.39, 0.29) is 6.61 Å². The summed E-state index contributed by atoms with van der Waals surface area (Å²) in [6, 6.07) is 1.02. The number of ether oxygens (including phenoxy) is 1. The molecular weight excluding hydrogens is 142 g/mol. The van der Waals surface area contributed by atoms with E-state index in [1.54, 1.807) is 7.11 Å². The first-order valence-electron chi connectivity index (χ1n) is 4.22. The van der Waals surface area contributed by atoms with E-state index in [0.717, 1.165) is 13.0 Å². The molecule has 1 saturated heterocycles. The van der Waals surface area contributed by atoms with Crippen molar-refractivity contribution in [1.29, 1.82) is 0 Å². The van der Waals surface area contributed by atoms with Gasteiger partial charge in [0.05, 0.1) is 6.61 Å². The van der Waals surface area contributed by atoms with Crippen LogP contribution in [-0.4, -0.2) is 37.5 Å². The molecule has 0 amide bonds. The fraction of sp³-hybridized carbons (Fsp3) is 1.00. The van der Waals surface area contributed by atoms with Crippen molar-refractivity contribution < 1.29 is 9.84 Å². The van der Waals surface area contributed by atoms with Crippen LogP contribution in [0.15, 0.2) is 0 Å². The molecule has 0 aromatic rings. The summed E-state index contributed by atoms with van der Waals surface area (Å²) in [4.78, 5) is 0. The van der Waals surface area contributed by atoms with Crippen molar-refractivity contribution in [3.05, 3.63) is 0 Å². The minimum Gasteiger partial charge on any atom is -0.396 e. The van der Waals surface area contributed by atoms with Gasteiger partial charge in [0.25, 0.3) is 0 Å². The number of nitrogens with one attached hydrogen (secondary N) is 1. The second-order valence-corrected chi connectivity index (χ2v) is 3.11. The van der Waals surface area contributed by atoms with Crippen LogP contribution in [0.5, 0.6) is 0 Å². The van der Waals surface area contributed by atoms with Gasteiger partial charge in [0.2, 0.25) is 0 Å². The topological polar surface area (TPSA) is 41.5 Å². The maximum atomic E-state index is 8.67. The van der Waals surface area contributed by atoms with E-state index in [2.05, 4.69) is 5.32 Å². The van der Waals surface area contributed by atoms with Crippen LogP contribution in [0.4, 0.5) is 0 Å². The van der Waals surface area contributed by atoms with Gasteiger partial charge in [-0.1, -0.05) is 0 Å². The Bertz CT molecular complexity index is 96.3. The predicted octanol–water partition coefficient (Wildman–Crippen LogP) is 0.136. The number of aliphatic hydroxyl groups is 1. The molecule has 2 unspecified atom stereocenters. The fourth-order valence-corrected chi connectivity index (χ4v) is 1.62. The number of methoxy groups -OCH3 is 1. The fourth-order valence-electron chi connectivity index (χ4n) is 1.62. The molecule has 1 rings (SSSR count). The van der Waals surface area contributed by atoms with E-state index >= 15 is 0 Å². The van der Waals surface area contributed by atoms with Crippen LogP contribution in [0, 0.1) is 0 Å². The quantitative estimate of drug-likeness (QED) is 0.613. The Morgan fingerprint density at radius 2 is 2.18 bits per heavy atom. The highest BCUT2D eigenvalue weighted by Gasteiger charge is 2.22. The van der Waals surface area contributed by atoms with Crippen molar-refractivity contribution in [3.63, 3.8) is 0 Å². The van der Waals surface area contributed by atoms with Gasteiger partial charge in [-0.15, -0.1) is 0 Å². The molecule has 2 atom stereocenters. The van der Waals surface area contributed by atoms with Gasteiger partial charge in [0.15, 0.2) is 0 Å². The molecular formula is C8H17NO2. The highest BCUT2D eigenvalue weighted by molar-refractivity contribution is 4.82. The van der Waals surface area contributed by atoms with E-state index in [1.807, 2.05) is 0 Å². The van der Waals surface area contributed by atoms with Crippen LogP contribution in [0.1, 0.15) is 19.3 Å². The molecule has 11 heavy (non-hydrogen) atoms. The zero-order chi connectivity index (χ0) is 8.10. The van der Waals surface area contributed by atoms with Crippen LogP contribution in [0.2, 0.25) is 0 Å². The van der Waals surface area contributed by atoms with Gasteiger partial charge in [-0.3, -0.25) is 0 Å². The maximum absolute atomic E-state index is 8.67. The normalized spacial score (nSPS) is 31.1. The molecule has 1 aliphatic rings. The van der Waals surface area contributed by atoms with E-state index in [1.165, 1.54) is 12.8 Å². The SMILES string of the molecule is COCC1CCC(CCO)N1. The summed E-state index contributed by atoms with van der Waals surface area (Å²) in [7, 11) is 1.72. The lowest BCUT2D eigenvalue weighted by molar-refractivity contribution is 0.170. The molecule has 0 bridgehead atoms. The van der Waals surface area contributed by atoms with Crippen molar-refractivity contribution in [2.75, 3.05) is 20.3 Å². The third-order valence-electron chi connectivity index (χ3n) is 2.18. The average Bonchev–Trinajstić information content (AvgIpc) is 2.38. The van der Waals surface area contributed by atoms with Gasteiger partial charge in [-0.25, -0.2) is 0 Å². The van der Waals surface area contributed by atoms with Crippen molar-refractivity contribution in [3.8, 4) is 0 Å². The van der Waals surface area contributed by atoms with Crippen molar-refractivity contribution in [2.24, 2.45) is 0 Å². The Kier molecular flexibility index (Phi) is 3.83. The van der Waals surface area contributed by atoms with Crippen molar-refractivity contribution in [2.45, 2.75) is 31.3 Å². The first-order valence-corrected chi connectivity index (χ1v) is 4.22. The number of hydrogen-bond donors (Lipinski definition) is 2. The Labute approximate surface area is 67.7 Å². The molecule has 1 fully saturated rings. The average molecular weight is 159 g/mol. The maximum Gasteiger partial charge on any atom is 0.0615 e. The van der Waals surface area contributed by atoms with Gasteiger partial charge < -0.3 is 15.2 Å². The Morgan fingerprint density at radius 3 is 2.82 bits per heavy atom. The minimum absolute atomic E-state index is 0.289. The lowest BCUT2D eigenvalue weighted by atomic mass is 10.1. The molecule has 0 spiro atoms. The van der Waals surface area contributed by atoms with Crippen LogP contribution in [-0.2, 0) is 4.74 Å². The molecule has 0 aliphatic carbocycles. The van der Waals surface area contributed by atoms with Crippen molar-refractivity contribution >= 4 is 0 Å². The minimum atomic E-state index is 0.289. The van der Waals surface area contributed by atoms with Gasteiger partial charge in [-0.2, -0.15) is 0 Å². The Hall–Kier alpha value is -0.120. The smallest absolute Gasteiger partial charge is 0.0615 e. The molecule has 3 heteroatoms. The van der Waals surface area contributed by atoms with E-state index in [9.17, 15) is 0 Å².